The van der Waals surface area contributed by atoms with Crippen LogP contribution in [0.2, 0.25) is 0 Å². The van der Waals surface area contributed by atoms with Gasteiger partial charge in [-0.05, 0) is 49.4 Å². The molecule has 0 bridgehead atoms. The molecular formula is C23H19F2N5O2. The van der Waals surface area contributed by atoms with Crippen molar-refractivity contribution in [2.75, 3.05) is 6.61 Å². The highest BCUT2D eigenvalue weighted by Crippen LogP contribution is 2.26. The molecule has 1 amide bonds. The summed E-state index contributed by atoms with van der Waals surface area (Å²) >= 11 is 0. The zero-order chi connectivity index (χ0) is 22.5. The molecule has 0 spiro atoms. The summed E-state index contributed by atoms with van der Waals surface area (Å²) in [6, 6.07) is 13.9. The van der Waals surface area contributed by atoms with Crippen LogP contribution in [-0.4, -0.2) is 32.5 Å². The summed E-state index contributed by atoms with van der Waals surface area (Å²) in [5.41, 5.74) is 2.03. The number of nitrogens with one attached hydrogen (secondary N) is 1. The summed E-state index contributed by atoms with van der Waals surface area (Å²) in [5, 5.41) is 10.9. The van der Waals surface area contributed by atoms with Gasteiger partial charge >= 0.3 is 0 Å². The molecule has 2 heterocycles. The zero-order valence-corrected chi connectivity index (χ0v) is 17.1. The van der Waals surface area contributed by atoms with Crippen molar-refractivity contribution in [3.8, 4) is 22.7 Å². The van der Waals surface area contributed by atoms with E-state index in [9.17, 15) is 13.6 Å². The number of carbonyl (C=O) groups is 1. The van der Waals surface area contributed by atoms with Gasteiger partial charge in [-0.2, -0.15) is 0 Å². The fourth-order valence-corrected chi connectivity index (χ4v) is 3.16. The molecule has 2 aromatic carbocycles. The van der Waals surface area contributed by atoms with E-state index in [0.29, 0.717) is 29.3 Å². The number of hydrogen-bond acceptors (Lipinski definition) is 5. The molecule has 162 valence electrons. The van der Waals surface area contributed by atoms with E-state index in [0.717, 1.165) is 12.1 Å². The molecule has 0 radical (unpaired) electrons. The number of benzene rings is 2. The lowest BCUT2D eigenvalue weighted by Gasteiger charge is -2.10. The van der Waals surface area contributed by atoms with Crippen LogP contribution in [0, 0.1) is 11.6 Å². The number of hydrogen-bond donors (Lipinski definition) is 1. The average Bonchev–Trinajstić information content (AvgIpc) is 3.25. The smallest absolute Gasteiger partial charge is 0.274 e. The van der Waals surface area contributed by atoms with Crippen molar-refractivity contribution in [2.24, 2.45) is 0 Å². The van der Waals surface area contributed by atoms with Crippen molar-refractivity contribution in [3.63, 3.8) is 0 Å². The standard InChI is InChI=1S/C23H19F2N5O2/c1-2-32-19-7-5-18(6-8-19)30-22(15-9-11-26-12-10-15)21(28-29-30)23(31)27-14-16-3-4-17(24)13-20(16)25/h3-13H,2,14H2,1H3,(H,27,31). The van der Waals surface area contributed by atoms with Crippen LogP contribution < -0.4 is 10.1 Å². The van der Waals surface area contributed by atoms with Crippen LogP contribution in [0.15, 0.2) is 67.0 Å². The van der Waals surface area contributed by atoms with Crippen molar-refractivity contribution in [2.45, 2.75) is 13.5 Å². The van der Waals surface area contributed by atoms with Gasteiger partial charge in [0.1, 0.15) is 23.1 Å². The van der Waals surface area contributed by atoms with Gasteiger partial charge in [0.2, 0.25) is 0 Å². The van der Waals surface area contributed by atoms with Gasteiger partial charge in [-0.15, -0.1) is 5.10 Å². The number of rotatable bonds is 7. The van der Waals surface area contributed by atoms with E-state index < -0.39 is 17.5 Å². The second kappa shape index (κ2) is 9.34. The van der Waals surface area contributed by atoms with Crippen LogP contribution in [-0.2, 0) is 6.54 Å². The Morgan fingerprint density at radius 1 is 1.06 bits per heavy atom. The largest absolute Gasteiger partial charge is 0.494 e. The molecule has 32 heavy (non-hydrogen) atoms. The molecule has 2 aromatic heterocycles. The van der Waals surface area contributed by atoms with Gasteiger partial charge in [-0.25, -0.2) is 13.5 Å². The number of halogens is 2. The molecule has 0 fully saturated rings. The molecule has 0 saturated carbocycles. The highest BCUT2D eigenvalue weighted by Gasteiger charge is 2.22. The van der Waals surface area contributed by atoms with Crippen LogP contribution >= 0.6 is 0 Å². The fraction of sp³-hybridized carbons (Fsp3) is 0.130. The third kappa shape index (κ3) is 4.46. The Kier molecular flexibility index (Phi) is 6.16. The second-order valence-electron chi connectivity index (χ2n) is 6.78. The summed E-state index contributed by atoms with van der Waals surface area (Å²) in [5.74, 6) is -1.26. The van der Waals surface area contributed by atoms with Crippen molar-refractivity contribution >= 4 is 5.91 Å². The maximum atomic E-state index is 13.9. The first-order valence-electron chi connectivity index (χ1n) is 9.88. The van der Waals surface area contributed by atoms with Gasteiger partial charge < -0.3 is 10.1 Å². The molecule has 7 nitrogen and oxygen atoms in total. The average molecular weight is 435 g/mol. The Hall–Kier alpha value is -4.14. The van der Waals surface area contributed by atoms with Gasteiger partial charge in [0, 0.05) is 36.1 Å². The molecule has 0 unspecified atom stereocenters. The molecular weight excluding hydrogens is 416 g/mol. The predicted molar refractivity (Wildman–Crippen MR) is 113 cm³/mol. The lowest BCUT2D eigenvalue weighted by atomic mass is 10.1. The van der Waals surface area contributed by atoms with E-state index >= 15 is 0 Å². The van der Waals surface area contributed by atoms with Crippen LogP contribution in [0.25, 0.3) is 16.9 Å². The monoisotopic (exact) mass is 435 g/mol. The van der Waals surface area contributed by atoms with E-state index in [4.69, 9.17) is 4.74 Å². The molecule has 9 heteroatoms. The normalized spacial score (nSPS) is 10.7. The topological polar surface area (TPSA) is 81.9 Å². The third-order valence-electron chi connectivity index (χ3n) is 4.69. The van der Waals surface area contributed by atoms with Gasteiger partial charge in [0.05, 0.1) is 12.3 Å². The first-order valence-corrected chi connectivity index (χ1v) is 9.88. The lowest BCUT2D eigenvalue weighted by Crippen LogP contribution is -2.24. The quantitative estimate of drug-likeness (QED) is 0.476. The molecule has 4 aromatic rings. The van der Waals surface area contributed by atoms with E-state index in [2.05, 4.69) is 20.6 Å². The Bertz CT molecular complexity index is 1230. The number of pyridine rings is 1. The highest BCUT2D eigenvalue weighted by molar-refractivity contribution is 5.98. The Morgan fingerprint density at radius 2 is 1.81 bits per heavy atom. The van der Waals surface area contributed by atoms with Crippen LogP contribution in [0.5, 0.6) is 5.75 Å². The minimum Gasteiger partial charge on any atom is -0.494 e. The van der Waals surface area contributed by atoms with Gasteiger partial charge in [-0.1, -0.05) is 11.3 Å². The van der Waals surface area contributed by atoms with Crippen molar-refractivity contribution in [1.82, 2.24) is 25.3 Å². The summed E-state index contributed by atoms with van der Waals surface area (Å²) in [7, 11) is 0. The van der Waals surface area contributed by atoms with Gasteiger partial charge in [0.25, 0.3) is 5.91 Å². The molecule has 0 aliphatic carbocycles. The summed E-state index contributed by atoms with van der Waals surface area (Å²) in [6.45, 7) is 2.32. The van der Waals surface area contributed by atoms with Gasteiger partial charge in [0.15, 0.2) is 5.69 Å². The summed E-state index contributed by atoms with van der Waals surface area (Å²) in [4.78, 5) is 16.9. The Balaban J connectivity index is 1.66. The van der Waals surface area contributed by atoms with Crippen LogP contribution in [0.3, 0.4) is 0 Å². The maximum Gasteiger partial charge on any atom is 0.274 e. The number of ether oxygens (including phenoxy) is 1. The maximum absolute atomic E-state index is 13.9. The van der Waals surface area contributed by atoms with Crippen LogP contribution in [0.1, 0.15) is 23.0 Å². The first-order chi connectivity index (χ1) is 15.6. The molecule has 0 saturated heterocycles. The number of carbonyl (C=O) groups excluding carboxylic acids is 1. The summed E-state index contributed by atoms with van der Waals surface area (Å²) in [6.07, 6.45) is 3.20. The van der Waals surface area contributed by atoms with Crippen LogP contribution in [0.4, 0.5) is 8.78 Å². The molecule has 4 rings (SSSR count). The van der Waals surface area contributed by atoms with E-state index in [-0.39, 0.29) is 17.8 Å². The van der Waals surface area contributed by atoms with E-state index in [1.54, 1.807) is 53.5 Å². The van der Waals surface area contributed by atoms with Crippen molar-refractivity contribution in [3.05, 3.63) is 89.9 Å². The lowest BCUT2D eigenvalue weighted by molar-refractivity contribution is 0.0946. The number of aromatic nitrogens is 4. The minimum absolute atomic E-state index is 0.0626. The molecule has 0 aliphatic heterocycles. The van der Waals surface area contributed by atoms with E-state index in [1.165, 1.54) is 6.07 Å². The first kappa shape index (κ1) is 21.1. The highest BCUT2D eigenvalue weighted by atomic mass is 19.1. The molecule has 1 N–H and O–H groups in total. The van der Waals surface area contributed by atoms with Crippen molar-refractivity contribution < 1.29 is 18.3 Å². The number of amides is 1. The minimum atomic E-state index is -0.738. The van der Waals surface area contributed by atoms with Crippen molar-refractivity contribution in [1.29, 1.82) is 0 Å². The van der Waals surface area contributed by atoms with Gasteiger partial charge in [-0.3, -0.25) is 9.78 Å². The fourth-order valence-electron chi connectivity index (χ4n) is 3.16. The second-order valence-corrected chi connectivity index (χ2v) is 6.78. The van der Waals surface area contributed by atoms with E-state index in [1.807, 2.05) is 6.92 Å². The predicted octanol–water partition coefficient (Wildman–Crippen LogP) is 3.94. The Labute approximate surface area is 182 Å². The molecule has 0 aliphatic rings. The molecule has 0 atom stereocenters. The SMILES string of the molecule is CCOc1ccc(-n2nnc(C(=O)NCc3ccc(F)cc3F)c2-c2ccncc2)cc1. The zero-order valence-electron chi connectivity index (χ0n) is 17.1. The summed E-state index contributed by atoms with van der Waals surface area (Å²) < 4.78 is 34.1. The number of nitrogens with zero attached hydrogens (tertiary/aromatic N) is 4. The third-order valence-corrected chi connectivity index (χ3v) is 4.69. The Morgan fingerprint density at radius 3 is 2.50 bits per heavy atom.